The van der Waals surface area contributed by atoms with Gasteiger partial charge in [-0.25, -0.2) is 9.97 Å². The van der Waals surface area contributed by atoms with Gasteiger partial charge in [-0.2, -0.15) is 0 Å². The van der Waals surface area contributed by atoms with Crippen molar-refractivity contribution in [2.24, 2.45) is 0 Å². The molecule has 0 atom stereocenters. The van der Waals surface area contributed by atoms with Crippen molar-refractivity contribution in [1.82, 2.24) is 9.97 Å². The van der Waals surface area contributed by atoms with Crippen molar-refractivity contribution in [3.63, 3.8) is 0 Å². The molecule has 0 aliphatic rings. The number of nitrogens with one attached hydrogen (secondary N) is 1. The van der Waals surface area contributed by atoms with E-state index in [4.69, 9.17) is 11.6 Å². The van der Waals surface area contributed by atoms with E-state index in [0.717, 1.165) is 10.0 Å². The summed E-state index contributed by atoms with van der Waals surface area (Å²) in [6.07, 6.45) is 2.93. The van der Waals surface area contributed by atoms with Gasteiger partial charge in [0.15, 0.2) is 11.0 Å². The predicted octanol–water partition coefficient (Wildman–Crippen LogP) is 3.45. The number of carbonyl (C=O) groups is 1. The zero-order valence-electron chi connectivity index (χ0n) is 9.45. The smallest absolute Gasteiger partial charge is 0.256 e. The molecule has 0 aliphatic carbocycles. The first-order valence-corrected chi connectivity index (χ1v) is 6.29. The Morgan fingerprint density at radius 1 is 1.33 bits per heavy atom. The van der Waals surface area contributed by atoms with Crippen LogP contribution in [0.5, 0.6) is 0 Å². The van der Waals surface area contributed by atoms with Gasteiger partial charge in [0.2, 0.25) is 0 Å². The molecule has 0 spiro atoms. The normalized spacial score (nSPS) is 10.2. The largest absolute Gasteiger partial charge is 0.304 e. The Balaban J connectivity index is 2.22. The predicted molar refractivity (Wildman–Crippen MR) is 73.9 cm³/mol. The van der Waals surface area contributed by atoms with Crippen LogP contribution in [-0.4, -0.2) is 15.9 Å². The van der Waals surface area contributed by atoms with E-state index in [1.807, 2.05) is 13.0 Å². The number of aryl methyl sites for hydroxylation is 1. The summed E-state index contributed by atoms with van der Waals surface area (Å²) in [4.78, 5) is 19.8. The molecule has 4 nitrogen and oxygen atoms in total. The van der Waals surface area contributed by atoms with Crippen LogP contribution in [0.25, 0.3) is 0 Å². The van der Waals surface area contributed by atoms with Crippen LogP contribution in [0.4, 0.5) is 5.82 Å². The molecule has 18 heavy (non-hydrogen) atoms. The molecule has 2 rings (SSSR count). The number of aromatic nitrogens is 2. The summed E-state index contributed by atoms with van der Waals surface area (Å²) >= 11 is 9.20. The Labute approximate surface area is 118 Å². The molecule has 0 fully saturated rings. The van der Waals surface area contributed by atoms with Crippen LogP contribution in [0.1, 0.15) is 15.9 Å². The minimum Gasteiger partial charge on any atom is -0.304 e. The van der Waals surface area contributed by atoms with Crippen molar-refractivity contribution in [2.75, 3.05) is 5.32 Å². The number of nitrogens with zero attached hydrogens (tertiary/aromatic N) is 2. The maximum absolute atomic E-state index is 12.0. The monoisotopic (exact) mass is 325 g/mol. The molecule has 0 saturated heterocycles. The summed E-state index contributed by atoms with van der Waals surface area (Å²) in [6, 6.07) is 5.32. The molecule has 0 aliphatic heterocycles. The van der Waals surface area contributed by atoms with Crippen molar-refractivity contribution >= 4 is 39.3 Å². The second-order valence-corrected chi connectivity index (χ2v) is 4.83. The molecule has 92 valence electrons. The highest BCUT2D eigenvalue weighted by molar-refractivity contribution is 9.10. The van der Waals surface area contributed by atoms with Gasteiger partial charge in [-0.1, -0.05) is 27.5 Å². The number of hydrogen-bond donors (Lipinski definition) is 1. The fourth-order valence-electron chi connectivity index (χ4n) is 1.37. The lowest BCUT2D eigenvalue weighted by atomic mass is 10.1. The first-order valence-electron chi connectivity index (χ1n) is 5.12. The fourth-order valence-corrected chi connectivity index (χ4v) is 1.77. The van der Waals surface area contributed by atoms with Crippen molar-refractivity contribution in [1.29, 1.82) is 0 Å². The van der Waals surface area contributed by atoms with Gasteiger partial charge < -0.3 is 5.32 Å². The van der Waals surface area contributed by atoms with E-state index >= 15 is 0 Å². The quantitative estimate of drug-likeness (QED) is 0.919. The van der Waals surface area contributed by atoms with E-state index in [0.29, 0.717) is 5.56 Å². The van der Waals surface area contributed by atoms with Gasteiger partial charge in [0.1, 0.15) is 0 Å². The second kappa shape index (κ2) is 5.46. The van der Waals surface area contributed by atoms with Gasteiger partial charge in [-0.05, 0) is 30.7 Å². The lowest BCUT2D eigenvalue weighted by molar-refractivity contribution is 0.102. The number of benzene rings is 1. The first-order chi connectivity index (χ1) is 8.58. The molecule has 1 N–H and O–H groups in total. The van der Waals surface area contributed by atoms with Crippen LogP contribution < -0.4 is 5.32 Å². The second-order valence-electron chi connectivity index (χ2n) is 3.61. The van der Waals surface area contributed by atoms with Crippen LogP contribution in [0.2, 0.25) is 5.15 Å². The van der Waals surface area contributed by atoms with Crippen molar-refractivity contribution in [2.45, 2.75) is 6.92 Å². The van der Waals surface area contributed by atoms with Gasteiger partial charge >= 0.3 is 0 Å². The third-order valence-corrected chi connectivity index (χ3v) is 3.47. The summed E-state index contributed by atoms with van der Waals surface area (Å²) in [6.45, 7) is 1.91. The van der Waals surface area contributed by atoms with Gasteiger partial charge in [0.25, 0.3) is 5.91 Å². The highest BCUT2D eigenvalue weighted by atomic mass is 79.9. The van der Waals surface area contributed by atoms with Crippen LogP contribution in [0.15, 0.2) is 35.1 Å². The number of amides is 1. The number of halogens is 2. The molecule has 0 bridgehead atoms. The average molecular weight is 327 g/mol. The number of carbonyl (C=O) groups excluding carboxylic acids is 1. The summed E-state index contributed by atoms with van der Waals surface area (Å²) in [5, 5.41) is 2.78. The van der Waals surface area contributed by atoms with Crippen LogP contribution in [-0.2, 0) is 0 Å². The molecular formula is C12H9BrClN3O. The Bertz CT molecular complexity index is 604. The molecule has 1 amide bonds. The summed E-state index contributed by atoms with van der Waals surface area (Å²) in [5.41, 5.74) is 1.52. The standard InChI is InChI=1S/C12H9BrClN3O/c1-7-6-8(2-3-9(7)13)12(18)17-11-10(14)15-4-5-16-11/h2-6H,1H3,(H,16,17,18). The molecular weight excluding hydrogens is 318 g/mol. The Kier molecular flexibility index (Phi) is 3.93. The molecule has 0 unspecified atom stereocenters. The van der Waals surface area contributed by atoms with Crippen LogP contribution in [0, 0.1) is 6.92 Å². The lowest BCUT2D eigenvalue weighted by Crippen LogP contribution is -2.13. The zero-order valence-corrected chi connectivity index (χ0v) is 11.8. The van der Waals surface area contributed by atoms with E-state index in [2.05, 4.69) is 31.2 Å². The molecule has 6 heteroatoms. The van der Waals surface area contributed by atoms with Crippen LogP contribution >= 0.6 is 27.5 Å². The van der Waals surface area contributed by atoms with Gasteiger partial charge in [0.05, 0.1) is 0 Å². The molecule has 1 aromatic heterocycles. The maximum Gasteiger partial charge on any atom is 0.256 e. The van der Waals surface area contributed by atoms with E-state index in [1.165, 1.54) is 12.4 Å². The van der Waals surface area contributed by atoms with Gasteiger partial charge in [-0.15, -0.1) is 0 Å². The highest BCUT2D eigenvalue weighted by Gasteiger charge is 2.10. The lowest BCUT2D eigenvalue weighted by Gasteiger charge is -2.06. The molecule has 0 saturated carbocycles. The van der Waals surface area contributed by atoms with Gasteiger partial charge in [-0.3, -0.25) is 4.79 Å². The number of rotatable bonds is 2. The van der Waals surface area contributed by atoms with Crippen molar-refractivity contribution in [3.8, 4) is 0 Å². The van der Waals surface area contributed by atoms with E-state index in [-0.39, 0.29) is 16.9 Å². The van der Waals surface area contributed by atoms with E-state index in [1.54, 1.807) is 12.1 Å². The van der Waals surface area contributed by atoms with Crippen molar-refractivity contribution in [3.05, 3.63) is 51.3 Å². The molecule has 0 radical (unpaired) electrons. The molecule has 1 heterocycles. The van der Waals surface area contributed by atoms with Crippen LogP contribution in [0.3, 0.4) is 0 Å². The highest BCUT2D eigenvalue weighted by Crippen LogP contribution is 2.19. The Morgan fingerprint density at radius 2 is 2.06 bits per heavy atom. The summed E-state index contributed by atoms with van der Waals surface area (Å²) < 4.78 is 0.955. The Morgan fingerprint density at radius 3 is 2.72 bits per heavy atom. The third-order valence-electron chi connectivity index (χ3n) is 2.31. The number of hydrogen-bond acceptors (Lipinski definition) is 3. The first kappa shape index (κ1) is 13.0. The SMILES string of the molecule is Cc1cc(C(=O)Nc2nccnc2Cl)ccc1Br. The number of anilines is 1. The topological polar surface area (TPSA) is 54.9 Å². The van der Waals surface area contributed by atoms with E-state index < -0.39 is 0 Å². The fraction of sp³-hybridized carbons (Fsp3) is 0.0833. The maximum atomic E-state index is 12.0. The van der Waals surface area contributed by atoms with Crippen molar-refractivity contribution < 1.29 is 4.79 Å². The third kappa shape index (κ3) is 2.86. The van der Waals surface area contributed by atoms with Gasteiger partial charge in [0, 0.05) is 22.4 Å². The minimum atomic E-state index is -0.270. The minimum absolute atomic E-state index is 0.166. The molecule has 2 aromatic rings. The Hall–Kier alpha value is -1.46. The summed E-state index contributed by atoms with van der Waals surface area (Å²) in [5.74, 6) is -0.0160. The average Bonchev–Trinajstić information content (AvgIpc) is 2.35. The van der Waals surface area contributed by atoms with E-state index in [9.17, 15) is 4.79 Å². The zero-order chi connectivity index (χ0) is 13.1. The molecule has 1 aromatic carbocycles. The summed E-state index contributed by atoms with van der Waals surface area (Å²) in [7, 11) is 0.